The number of carbonyl (C=O) groups is 1. The Morgan fingerprint density at radius 1 is 1.18 bits per heavy atom. The van der Waals surface area contributed by atoms with Gasteiger partial charge in [0.1, 0.15) is 23.4 Å². The third-order valence-corrected chi connectivity index (χ3v) is 5.81. The predicted octanol–water partition coefficient (Wildman–Crippen LogP) is 2.30. The van der Waals surface area contributed by atoms with Crippen LogP contribution < -0.4 is 15.8 Å². The summed E-state index contributed by atoms with van der Waals surface area (Å²) < 4.78 is 14.7. The molecule has 0 aliphatic carbocycles. The standard InChI is InChI=1S/C19H20FN5O2S/c20-14-6-4-13(5-7-14)10-21-15(26)11-25-12-22-17-16(18(25)27)28-19(23-17)24-8-2-1-3-9-24/h4-7,12H,1-3,8-11H2,(H,21,26). The molecular weight excluding hydrogens is 381 g/mol. The molecule has 0 radical (unpaired) electrons. The maximum absolute atomic E-state index is 12.9. The first-order chi connectivity index (χ1) is 13.6. The minimum atomic E-state index is -0.325. The molecule has 3 heterocycles. The Hall–Kier alpha value is -2.81. The summed E-state index contributed by atoms with van der Waals surface area (Å²) in [6.45, 7) is 2.03. The average Bonchev–Trinajstić information content (AvgIpc) is 3.16. The number of aromatic nitrogens is 3. The molecule has 2 aromatic heterocycles. The van der Waals surface area contributed by atoms with Gasteiger partial charge in [0.05, 0.1) is 0 Å². The number of piperidine rings is 1. The molecule has 146 valence electrons. The molecule has 0 atom stereocenters. The van der Waals surface area contributed by atoms with Gasteiger partial charge in [0.15, 0.2) is 10.8 Å². The molecule has 3 aromatic rings. The highest BCUT2D eigenvalue weighted by Gasteiger charge is 2.18. The summed E-state index contributed by atoms with van der Waals surface area (Å²) in [5.74, 6) is -0.636. The van der Waals surface area contributed by atoms with Gasteiger partial charge in [-0.15, -0.1) is 0 Å². The largest absolute Gasteiger partial charge is 0.350 e. The van der Waals surface area contributed by atoms with Gasteiger partial charge in [0.25, 0.3) is 5.56 Å². The molecule has 0 saturated carbocycles. The Kier molecular flexibility index (Phi) is 5.34. The number of anilines is 1. The van der Waals surface area contributed by atoms with Crippen molar-refractivity contribution in [3.63, 3.8) is 0 Å². The van der Waals surface area contributed by atoms with E-state index < -0.39 is 0 Å². The van der Waals surface area contributed by atoms with Crippen LogP contribution in [0.4, 0.5) is 9.52 Å². The number of halogens is 1. The van der Waals surface area contributed by atoms with Gasteiger partial charge in [-0.05, 0) is 37.0 Å². The van der Waals surface area contributed by atoms with E-state index in [9.17, 15) is 14.0 Å². The lowest BCUT2D eigenvalue weighted by Crippen LogP contribution is -2.31. The van der Waals surface area contributed by atoms with Crippen LogP contribution in [0.5, 0.6) is 0 Å². The van der Waals surface area contributed by atoms with Gasteiger partial charge in [-0.2, -0.15) is 4.98 Å². The summed E-state index contributed by atoms with van der Waals surface area (Å²) >= 11 is 1.33. The van der Waals surface area contributed by atoms with Crippen molar-refractivity contribution in [2.24, 2.45) is 0 Å². The van der Waals surface area contributed by atoms with E-state index in [1.54, 1.807) is 12.1 Å². The van der Waals surface area contributed by atoms with Gasteiger partial charge < -0.3 is 10.2 Å². The minimum Gasteiger partial charge on any atom is -0.350 e. The first kappa shape index (κ1) is 18.5. The van der Waals surface area contributed by atoms with E-state index in [1.165, 1.54) is 40.8 Å². The quantitative estimate of drug-likeness (QED) is 0.710. The number of amides is 1. The summed E-state index contributed by atoms with van der Waals surface area (Å²) in [4.78, 5) is 35.9. The maximum atomic E-state index is 12.9. The molecule has 0 spiro atoms. The topological polar surface area (TPSA) is 80.1 Å². The fourth-order valence-corrected chi connectivity index (χ4v) is 4.20. The number of nitrogens with one attached hydrogen (secondary N) is 1. The lowest BCUT2D eigenvalue weighted by Gasteiger charge is -2.25. The highest BCUT2D eigenvalue weighted by Crippen LogP contribution is 2.27. The fourth-order valence-electron chi connectivity index (χ4n) is 3.18. The zero-order chi connectivity index (χ0) is 19.5. The van der Waals surface area contributed by atoms with Crippen LogP contribution in [0.25, 0.3) is 10.3 Å². The van der Waals surface area contributed by atoms with Crippen molar-refractivity contribution in [2.75, 3.05) is 18.0 Å². The molecule has 4 rings (SSSR count). The summed E-state index contributed by atoms with van der Waals surface area (Å²) in [5.41, 5.74) is 0.950. The summed E-state index contributed by atoms with van der Waals surface area (Å²) in [5, 5.41) is 3.55. The monoisotopic (exact) mass is 401 g/mol. The minimum absolute atomic E-state index is 0.125. The molecule has 1 saturated heterocycles. The molecule has 0 bridgehead atoms. The first-order valence-electron chi connectivity index (χ1n) is 9.22. The van der Waals surface area contributed by atoms with Gasteiger partial charge in [-0.1, -0.05) is 23.5 Å². The van der Waals surface area contributed by atoms with E-state index in [1.807, 2.05) is 0 Å². The van der Waals surface area contributed by atoms with E-state index in [4.69, 9.17) is 0 Å². The van der Waals surface area contributed by atoms with E-state index in [-0.39, 0.29) is 30.4 Å². The molecule has 28 heavy (non-hydrogen) atoms. The van der Waals surface area contributed by atoms with E-state index in [0.717, 1.165) is 36.6 Å². The fraction of sp³-hybridized carbons (Fsp3) is 0.368. The van der Waals surface area contributed by atoms with E-state index >= 15 is 0 Å². The Balaban J connectivity index is 1.45. The zero-order valence-electron chi connectivity index (χ0n) is 15.2. The summed E-state index contributed by atoms with van der Waals surface area (Å²) in [6.07, 6.45) is 4.84. The van der Waals surface area contributed by atoms with Crippen molar-refractivity contribution < 1.29 is 9.18 Å². The number of fused-ring (bicyclic) bond motifs is 1. The number of carbonyl (C=O) groups excluding carboxylic acids is 1. The average molecular weight is 401 g/mol. The van der Waals surface area contributed by atoms with E-state index in [0.29, 0.717) is 10.3 Å². The van der Waals surface area contributed by atoms with Gasteiger partial charge >= 0.3 is 0 Å². The second-order valence-electron chi connectivity index (χ2n) is 6.78. The number of nitrogens with zero attached hydrogens (tertiary/aromatic N) is 4. The molecule has 1 aliphatic heterocycles. The smallest absolute Gasteiger partial charge is 0.273 e. The van der Waals surface area contributed by atoms with Crippen LogP contribution in [0.1, 0.15) is 24.8 Å². The van der Waals surface area contributed by atoms with Crippen LogP contribution in [-0.4, -0.2) is 33.5 Å². The maximum Gasteiger partial charge on any atom is 0.273 e. The van der Waals surface area contributed by atoms with Crippen molar-refractivity contribution in [3.05, 3.63) is 52.3 Å². The molecule has 1 fully saturated rings. The lowest BCUT2D eigenvalue weighted by molar-refractivity contribution is -0.121. The predicted molar refractivity (Wildman–Crippen MR) is 106 cm³/mol. The SMILES string of the molecule is O=C(Cn1cnc2nc(N3CCCCC3)sc2c1=O)NCc1ccc(F)cc1. The number of benzene rings is 1. The van der Waals surface area contributed by atoms with Crippen molar-refractivity contribution in [3.8, 4) is 0 Å². The van der Waals surface area contributed by atoms with Gasteiger partial charge in [0.2, 0.25) is 5.91 Å². The molecular formula is C19H20FN5O2S. The van der Waals surface area contributed by atoms with Crippen LogP contribution in [0.2, 0.25) is 0 Å². The molecule has 1 amide bonds. The molecule has 7 nitrogen and oxygen atoms in total. The zero-order valence-corrected chi connectivity index (χ0v) is 16.0. The summed E-state index contributed by atoms with van der Waals surface area (Å²) in [6, 6.07) is 5.89. The van der Waals surface area contributed by atoms with Gasteiger partial charge in [0, 0.05) is 19.6 Å². The van der Waals surface area contributed by atoms with E-state index in [2.05, 4.69) is 20.2 Å². The second kappa shape index (κ2) is 8.05. The van der Waals surface area contributed by atoms with Crippen LogP contribution in [0.3, 0.4) is 0 Å². The van der Waals surface area contributed by atoms with Gasteiger partial charge in [-0.25, -0.2) is 9.37 Å². The lowest BCUT2D eigenvalue weighted by atomic mass is 10.1. The highest BCUT2D eigenvalue weighted by atomic mass is 32.1. The van der Waals surface area contributed by atoms with Crippen molar-refractivity contribution in [2.45, 2.75) is 32.4 Å². The van der Waals surface area contributed by atoms with Crippen LogP contribution >= 0.6 is 11.3 Å². The Morgan fingerprint density at radius 2 is 1.93 bits per heavy atom. The number of thiazole rings is 1. The highest BCUT2D eigenvalue weighted by molar-refractivity contribution is 7.22. The Bertz CT molecular complexity index is 1040. The first-order valence-corrected chi connectivity index (χ1v) is 10.0. The summed E-state index contributed by atoms with van der Waals surface area (Å²) in [7, 11) is 0. The van der Waals surface area contributed by atoms with Crippen molar-refractivity contribution in [1.82, 2.24) is 19.9 Å². The van der Waals surface area contributed by atoms with Crippen molar-refractivity contribution in [1.29, 1.82) is 0 Å². The normalized spacial score (nSPS) is 14.4. The van der Waals surface area contributed by atoms with Crippen LogP contribution in [0.15, 0.2) is 35.4 Å². The van der Waals surface area contributed by atoms with Crippen LogP contribution in [0, 0.1) is 5.82 Å². The third-order valence-electron chi connectivity index (χ3n) is 4.72. The Labute approximate surface area is 164 Å². The number of rotatable bonds is 5. The molecule has 0 unspecified atom stereocenters. The van der Waals surface area contributed by atoms with Gasteiger partial charge in [-0.3, -0.25) is 14.2 Å². The second-order valence-corrected chi connectivity index (χ2v) is 7.76. The van der Waals surface area contributed by atoms with Crippen molar-refractivity contribution >= 4 is 32.7 Å². The molecule has 1 aromatic carbocycles. The molecule has 1 aliphatic rings. The number of hydrogen-bond donors (Lipinski definition) is 1. The van der Waals surface area contributed by atoms with Crippen LogP contribution in [-0.2, 0) is 17.9 Å². The molecule has 9 heteroatoms. The third kappa shape index (κ3) is 4.04. The Morgan fingerprint density at radius 3 is 2.68 bits per heavy atom. The molecule has 1 N–H and O–H groups in total. The number of hydrogen-bond acceptors (Lipinski definition) is 6.